The molecule has 2 heterocycles. The molecule has 0 bridgehead atoms. The first-order valence-electron chi connectivity index (χ1n) is 8.76. The van der Waals surface area contributed by atoms with E-state index in [0.29, 0.717) is 0 Å². The van der Waals surface area contributed by atoms with Crippen molar-refractivity contribution in [3.8, 4) is 5.69 Å². The third kappa shape index (κ3) is 2.85. The molecule has 7 nitrogen and oxygen atoms in total. The number of carbonyl (C=O) groups is 1. The Morgan fingerprint density at radius 1 is 1.23 bits per heavy atom. The third-order valence-corrected chi connectivity index (χ3v) is 5.06. The molecule has 1 amide bonds. The molecule has 1 aliphatic rings. The fraction of sp³-hybridized carbons (Fsp3) is 0.316. The maximum absolute atomic E-state index is 12.4. The minimum atomic E-state index is -0.318. The Morgan fingerprint density at radius 3 is 2.81 bits per heavy atom. The lowest BCUT2D eigenvalue weighted by Crippen LogP contribution is -2.31. The number of H-pyrrole nitrogens is 2. The predicted octanol–water partition coefficient (Wildman–Crippen LogP) is 2.31. The van der Waals surface area contributed by atoms with E-state index in [0.717, 1.165) is 36.2 Å². The monoisotopic (exact) mass is 351 g/mol. The van der Waals surface area contributed by atoms with E-state index in [2.05, 4.69) is 52.7 Å². The summed E-state index contributed by atoms with van der Waals surface area (Å²) in [5.41, 5.74) is 5.61. The lowest BCUT2D eigenvalue weighted by molar-refractivity contribution is 0.0927. The summed E-state index contributed by atoms with van der Waals surface area (Å²) in [5.74, 6) is -0.292. The summed E-state index contributed by atoms with van der Waals surface area (Å²) in [7, 11) is 0. The molecule has 4 rings (SSSR count). The van der Waals surface area contributed by atoms with Gasteiger partial charge in [-0.15, -0.1) is 0 Å². The van der Waals surface area contributed by atoms with Crippen LogP contribution in [-0.4, -0.2) is 25.9 Å². The highest BCUT2D eigenvalue weighted by Crippen LogP contribution is 2.31. The second-order valence-corrected chi connectivity index (χ2v) is 6.82. The first-order chi connectivity index (χ1) is 12.5. The number of nitrogens with zero attached hydrogens (tertiary/aromatic N) is 2. The second kappa shape index (κ2) is 6.33. The summed E-state index contributed by atoms with van der Waals surface area (Å²) in [6, 6.07) is 7.46. The van der Waals surface area contributed by atoms with Crippen LogP contribution in [0, 0.1) is 13.8 Å². The van der Waals surface area contributed by atoms with Gasteiger partial charge >= 0.3 is 0 Å². The highest BCUT2D eigenvalue weighted by molar-refractivity contribution is 5.92. The normalized spacial score (nSPS) is 16.3. The van der Waals surface area contributed by atoms with E-state index in [1.54, 1.807) is 0 Å². The molecule has 0 aliphatic heterocycles. The summed E-state index contributed by atoms with van der Waals surface area (Å²) < 4.78 is 1.97. The molecule has 7 heteroatoms. The Bertz CT molecular complexity index is 1030. The van der Waals surface area contributed by atoms with Crippen molar-refractivity contribution < 1.29 is 4.79 Å². The Kier molecular flexibility index (Phi) is 3.99. The quantitative estimate of drug-likeness (QED) is 0.676. The summed E-state index contributed by atoms with van der Waals surface area (Å²) in [6.07, 6.45) is 4.59. The van der Waals surface area contributed by atoms with Crippen molar-refractivity contribution in [3.05, 3.63) is 68.9 Å². The molecular weight excluding hydrogens is 330 g/mol. The highest BCUT2D eigenvalue weighted by Gasteiger charge is 2.26. The van der Waals surface area contributed by atoms with Crippen LogP contribution < -0.4 is 10.9 Å². The molecule has 26 heavy (non-hydrogen) atoms. The largest absolute Gasteiger partial charge is 0.344 e. The van der Waals surface area contributed by atoms with Crippen LogP contribution in [0.4, 0.5) is 0 Å². The van der Waals surface area contributed by atoms with Gasteiger partial charge in [-0.3, -0.25) is 19.8 Å². The van der Waals surface area contributed by atoms with E-state index in [-0.39, 0.29) is 23.2 Å². The zero-order chi connectivity index (χ0) is 18.3. The van der Waals surface area contributed by atoms with E-state index in [9.17, 15) is 9.59 Å². The van der Waals surface area contributed by atoms with Crippen LogP contribution >= 0.6 is 0 Å². The number of hydrogen-bond donors (Lipinski definition) is 3. The molecule has 1 aliphatic carbocycles. The Hall–Kier alpha value is -3.09. The van der Waals surface area contributed by atoms with Crippen LogP contribution in [0.2, 0.25) is 0 Å². The van der Waals surface area contributed by atoms with Gasteiger partial charge in [-0.1, -0.05) is 6.07 Å². The van der Waals surface area contributed by atoms with E-state index in [1.807, 2.05) is 10.9 Å². The number of rotatable bonds is 3. The van der Waals surface area contributed by atoms with Crippen molar-refractivity contribution >= 4 is 5.91 Å². The Labute approximate surface area is 150 Å². The lowest BCUT2D eigenvalue weighted by atomic mass is 9.92. The van der Waals surface area contributed by atoms with Gasteiger partial charge in [-0.25, -0.2) is 4.68 Å². The van der Waals surface area contributed by atoms with Crippen LogP contribution in [0.3, 0.4) is 0 Å². The molecule has 2 aromatic heterocycles. The van der Waals surface area contributed by atoms with E-state index < -0.39 is 0 Å². The zero-order valence-corrected chi connectivity index (χ0v) is 14.8. The van der Waals surface area contributed by atoms with Crippen LogP contribution in [0.25, 0.3) is 5.69 Å². The van der Waals surface area contributed by atoms with Crippen LogP contribution in [0.5, 0.6) is 0 Å². The fourth-order valence-corrected chi connectivity index (χ4v) is 3.48. The average Bonchev–Trinajstić information content (AvgIpc) is 3.24. The van der Waals surface area contributed by atoms with Gasteiger partial charge in [0.25, 0.3) is 11.5 Å². The van der Waals surface area contributed by atoms with Gasteiger partial charge in [-0.2, -0.15) is 5.10 Å². The molecule has 1 aromatic carbocycles. The number of nitrogens with one attached hydrogen (secondary N) is 3. The fourth-order valence-electron chi connectivity index (χ4n) is 3.48. The van der Waals surface area contributed by atoms with Crippen LogP contribution in [0.1, 0.15) is 51.8 Å². The minimum absolute atomic E-state index is 0.107. The van der Waals surface area contributed by atoms with Crippen molar-refractivity contribution in [1.82, 2.24) is 25.3 Å². The van der Waals surface area contributed by atoms with Crippen LogP contribution in [-0.2, 0) is 6.42 Å². The SMILES string of the molecule is Cc1ccc(-n2ncc3c2CCC[C@@H]3NC(=O)c2cc(=O)[nH][nH]2)cc1C. The molecule has 0 unspecified atom stereocenters. The predicted molar refractivity (Wildman–Crippen MR) is 97.6 cm³/mol. The summed E-state index contributed by atoms with van der Waals surface area (Å²) >= 11 is 0. The van der Waals surface area contributed by atoms with Crippen molar-refractivity contribution in [3.63, 3.8) is 0 Å². The Morgan fingerprint density at radius 2 is 2.08 bits per heavy atom. The standard InChI is InChI=1S/C19H21N5O2/c1-11-6-7-13(8-12(11)2)24-17-5-3-4-15(14(17)10-20-24)21-19(26)16-9-18(25)23-22-16/h6-10,15H,3-5H2,1-2H3,(H,21,26)(H2,22,23,25)/t15-/m0/s1. The molecule has 0 fully saturated rings. The van der Waals surface area contributed by atoms with Gasteiger partial charge < -0.3 is 5.32 Å². The number of aromatic nitrogens is 4. The highest BCUT2D eigenvalue weighted by atomic mass is 16.2. The molecule has 0 radical (unpaired) electrons. The second-order valence-electron chi connectivity index (χ2n) is 6.82. The first-order valence-corrected chi connectivity index (χ1v) is 8.76. The number of fused-ring (bicyclic) bond motifs is 1. The average molecular weight is 351 g/mol. The molecule has 0 saturated carbocycles. The van der Waals surface area contributed by atoms with Gasteiger partial charge in [0.2, 0.25) is 0 Å². The van der Waals surface area contributed by atoms with Gasteiger partial charge in [0, 0.05) is 17.3 Å². The number of amides is 1. The van der Waals surface area contributed by atoms with E-state index in [4.69, 9.17) is 0 Å². The first kappa shape index (κ1) is 16.4. The number of carbonyl (C=O) groups excluding carboxylic acids is 1. The molecule has 3 N–H and O–H groups in total. The minimum Gasteiger partial charge on any atom is -0.344 e. The van der Waals surface area contributed by atoms with E-state index >= 15 is 0 Å². The summed E-state index contributed by atoms with van der Waals surface area (Å²) in [4.78, 5) is 23.6. The van der Waals surface area contributed by atoms with Gasteiger partial charge in [-0.05, 0) is 56.4 Å². The smallest absolute Gasteiger partial charge is 0.269 e. The molecule has 0 saturated heterocycles. The van der Waals surface area contributed by atoms with Gasteiger partial charge in [0.1, 0.15) is 5.69 Å². The van der Waals surface area contributed by atoms with Crippen molar-refractivity contribution in [2.75, 3.05) is 0 Å². The Balaban J connectivity index is 1.63. The molecule has 1 atom stereocenters. The maximum Gasteiger partial charge on any atom is 0.269 e. The third-order valence-electron chi connectivity index (χ3n) is 5.06. The summed E-state index contributed by atoms with van der Waals surface area (Å²) in [6.45, 7) is 4.18. The molecular formula is C19H21N5O2. The molecule has 134 valence electrons. The summed E-state index contributed by atoms with van der Waals surface area (Å²) in [5, 5.41) is 12.6. The number of aromatic amines is 2. The van der Waals surface area contributed by atoms with Crippen molar-refractivity contribution in [1.29, 1.82) is 0 Å². The van der Waals surface area contributed by atoms with Crippen molar-refractivity contribution in [2.24, 2.45) is 0 Å². The van der Waals surface area contributed by atoms with Gasteiger partial charge in [0.05, 0.1) is 17.9 Å². The molecule has 3 aromatic rings. The van der Waals surface area contributed by atoms with Crippen molar-refractivity contribution in [2.45, 2.75) is 39.2 Å². The topological polar surface area (TPSA) is 95.6 Å². The number of benzene rings is 1. The zero-order valence-electron chi connectivity index (χ0n) is 14.8. The lowest BCUT2D eigenvalue weighted by Gasteiger charge is -2.24. The number of hydrogen-bond acceptors (Lipinski definition) is 3. The van der Waals surface area contributed by atoms with Crippen LogP contribution in [0.15, 0.2) is 35.3 Å². The number of aryl methyl sites for hydroxylation is 2. The van der Waals surface area contributed by atoms with E-state index in [1.165, 1.54) is 17.2 Å². The van der Waals surface area contributed by atoms with Gasteiger partial charge in [0.15, 0.2) is 0 Å². The molecule has 0 spiro atoms. The maximum atomic E-state index is 12.4.